The molecular formula is C10H11BrFNO4. The van der Waals surface area contributed by atoms with Crippen LogP contribution in [0.15, 0.2) is 16.6 Å². The predicted molar refractivity (Wildman–Crippen MR) is 62.6 cm³/mol. The summed E-state index contributed by atoms with van der Waals surface area (Å²) < 4.78 is 13.5. The maximum absolute atomic E-state index is 13.7. The molecule has 0 spiro atoms. The molecule has 1 rings (SSSR count). The fourth-order valence-electron chi connectivity index (χ4n) is 1.20. The third-order valence-corrected chi connectivity index (χ3v) is 2.89. The molecule has 0 saturated heterocycles. The zero-order valence-corrected chi connectivity index (χ0v) is 10.2. The van der Waals surface area contributed by atoms with Crippen molar-refractivity contribution in [2.24, 2.45) is 0 Å². The lowest BCUT2D eigenvalue weighted by atomic mass is 10.2. The molecule has 0 aromatic heterocycles. The first-order valence-corrected chi connectivity index (χ1v) is 5.50. The van der Waals surface area contributed by atoms with Crippen LogP contribution in [0.5, 0.6) is 0 Å². The fourth-order valence-corrected chi connectivity index (χ4v) is 1.71. The maximum Gasteiger partial charge on any atom is 0.336 e. The molecule has 94 valence electrons. The molecule has 0 saturated carbocycles. The van der Waals surface area contributed by atoms with Gasteiger partial charge in [0.25, 0.3) is 0 Å². The summed E-state index contributed by atoms with van der Waals surface area (Å²) in [7, 11) is 0. The Bertz CT molecular complexity index is 423. The Hall–Kier alpha value is -1.18. The van der Waals surface area contributed by atoms with Gasteiger partial charge in [0.05, 0.1) is 35.0 Å². The molecule has 0 aliphatic rings. The van der Waals surface area contributed by atoms with E-state index in [0.29, 0.717) is 0 Å². The van der Waals surface area contributed by atoms with Crippen molar-refractivity contribution in [3.05, 3.63) is 28.0 Å². The van der Waals surface area contributed by atoms with Crippen LogP contribution in [0.1, 0.15) is 10.4 Å². The van der Waals surface area contributed by atoms with Gasteiger partial charge in [-0.3, -0.25) is 0 Å². The topological polar surface area (TPSA) is 89.8 Å². The van der Waals surface area contributed by atoms with Gasteiger partial charge >= 0.3 is 5.97 Å². The predicted octanol–water partition coefficient (Wildman–Crippen LogP) is 1.05. The van der Waals surface area contributed by atoms with Crippen molar-refractivity contribution in [2.45, 2.75) is 6.04 Å². The quantitative estimate of drug-likeness (QED) is 0.653. The lowest BCUT2D eigenvalue weighted by Crippen LogP contribution is -2.28. The molecule has 7 heteroatoms. The Morgan fingerprint density at radius 2 is 2.00 bits per heavy atom. The van der Waals surface area contributed by atoms with E-state index in [2.05, 4.69) is 21.2 Å². The summed E-state index contributed by atoms with van der Waals surface area (Å²) in [6.07, 6.45) is 0. The number of carbonyl (C=O) groups is 1. The van der Waals surface area contributed by atoms with Gasteiger partial charge in [0.15, 0.2) is 5.82 Å². The number of aliphatic hydroxyl groups excluding tert-OH is 2. The minimum atomic E-state index is -1.25. The van der Waals surface area contributed by atoms with Crippen molar-refractivity contribution < 1.29 is 24.5 Å². The fraction of sp³-hybridized carbons (Fsp3) is 0.300. The number of benzene rings is 1. The highest BCUT2D eigenvalue weighted by Gasteiger charge is 2.17. The van der Waals surface area contributed by atoms with Gasteiger partial charge in [-0.15, -0.1) is 0 Å². The highest BCUT2D eigenvalue weighted by atomic mass is 79.9. The lowest BCUT2D eigenvalue weighted by molar-refractivity contribution is 0.0695. The van der Waals surface area contributed by atoms with E-state index in [1.807, 2.05) is 0 Å². The van der Waals surface area contributed by atoms with Gasteiger partial charge in [-0.25, -0.2) is 9.18 Å². The molecule has 0 heterocycles. The van der Waals surface area contributed by atoms with Crippen LogP contribution in [0, 0.1) is 5.82 Å². The standard InChI is InChI=1S/C10H11BrFNO4/c11-8-6(10(16)17)1-2-7(9(8)12)13-5(3-14)4-15/h1-2,5,13-15H,3-4H2,(H,16,17). The normalized spacial score (nSPS) is 10.6. The summed E-state index contributed by atoms with van der Waals surface area (Å²) in [6, 6.07) is 1.76. The van der Waals surface area contributed by atoms with Crippen LogP contribution in [-0.2, 0) is 0 Å². The van der Waals surface area contributed by atoms with Gasteiger partial charge in [0, 0.05) is 0 Å². The third-order valence-electron chi connectivity index (χ3n) is 2.11. The number of carboxylic acid groups (broad SMARTS) is 1. The van der Waals surface area contributed by atoms with Gasteiger partial charge in [-0.05, 0) is 28.1 Å². The number of aliphatic hydroxyl groups is 2. The highest BCUT2D eigenvalue weighted by Crippen LogP contribution is 2.27. The highest BCUT2D eigenvalue weighted by molar-refractivity contribution is 9.10. The SMILES string of the molecule is O=C(O)c1ccc(NC(CO)CO)c(F)c1Br. The first-order chi connectivity index (χ1) is 8.01. The average molecular weight is 308 g/mol. The molecule has 0 fully saturated rings. The van der Waals surface area contributed by atoms with Crippen LogP contribution in [0.2, 0.25) is 0 Å². The second-order valence-corrected chi connectivity index (χ2v) is 4.09. The van der Waals surface area contributed by atoms with Gasteiger partial charge < -0.3 is 20.6 Å². The first kappa shape index (κ1) is 13.9. The number of aromatic carboxylic acids is 1. The van der Waals surface area contributed by atoms with Crippen LogP contribution in [-0.4, -0.2) is 40.5 Å². The van der Waals surface area contributed by atoms with Crippen molar-refractivity contribution in [1.29, 1.82) is 0 Å². The second kappa shape index (κ2) is 5.95. The molecule has 0 amide bonds. The number of carboxylic acids is 1. The van der Waals surface area contributed by atoms with E-state index < -0.39 is 17.8 Å². The number of rotatable bonds is 5. The van der Waals surface area contributed by atoms with Crippen LogP contribution >= 0.6 is 15.9 Å². The van der Waals surface area contributed by atoms with Gasteiger partial charge in [-0.2, -0.15) is 0 Å². The molecule has 1 aromatic rings. The Morgan fingerprint density at radius 3 is 2.47 bits per heavy atom. The molecular weight excluding hydrogens is 297 g/mol. The number of hydrogen-bond acceptors (Lipinski definition) is 4. The molecule has 0 radical (unpaired) electrons. The molecule has 4 N–H and O–H groups in total. The van der Waals surface area contributed by atoms with E-state index in [1.54, 1.807) is 0 Å². The number of halogens is 2. The number of hydrogen-bond donors (Lipinski definition) is 4. The zero-order valence-electron chi connectivity index (χ0n) is 8.65. The Morgan fingerprint density at radius 1 is 1.41 bits per heavy atom. The van der Waals surface area contributed by atoms with Crippen LogP contribution in [0.25, 0.3) is 0 Å². The maximum atomic E-state index is 13.7. The largest absolute Gasteiger partial charge is 0.478 e. The second-order valence-electron chi connectivity index (χ2n) is 3.30. The Kier molecular flexibility index (Phi) is 4.86. The molecule has 0 atom stereocenters. The van der Waals surface area contributed by atoms with Gasteiger partial charge in [0.1, 0.15) is 0 Å². The van der Waals surface area contributed by atoms with E-state index in [-0.39, 0.29) is 28.9 Å². The van der Waals surface area contributed by atoms with Crippen molar-refractivity contribution in [3.63, 3.8) is 0 Å². The summed E-state index contributed by atoms with van der Waals surface area (Å²) in [4.78, 5) is 10.7. The summed E-state index contributed by atoms with van der Waals surface area (Å²) in [6.45, 7) is -0.734. The van der Waals surface area contributed by atoms with Gasteiger partial charge in [-0.1, -0.05) is 0 Å². The van der Waals surface area contributed by atoms with Crippen molar-refractivity contribution in [3.8, 4) is 0 Å². The van der Waals surface area contributed by atoms with Crippen molar-refractivity contribution in [2.75, 3.05) is 18.5 Å². The van der Waals surface area contributed by atoms with Crippen LogP contribution < -0.4 is 5.32 Å². The number of nitrogens with one attached hydrogen (secondary N) is 1. The van der Waals surface area contributed by atoms with E-state index in [9.17, 15) is 9.18 Å². The van der Waals surface area contributed by atoms with Crippen LogP contribution in [0.3, 0.4) is 0 Å². The molecule has 0 aliphatic carbocycles. The summed E-state index contributed by atoms with van der Waals surface area (Å²) >= 11 is 2.84. The van der Waals surface area contributed by atoms with E-state index in [1.165, 1.54) is 12.1 Å². The molecule has 17 heavy (non-hydrogen) atoms. The minimum Gasteiger partial charge on any atom is -0.478 e. The Labute approximate surface area is 105 Å². The van der Waals surface area contributed by atoms with Gasteiger partial charge in [0.2, 0.25) is 0 Å². The zero-order chi connectivity index (χ0) is 13.0. The minimum absolute atomic E-state index is 0.00924. The first-order valence-electron chi connectivity index (χ1n) is 4.70. The van der Waals surface area contributed by atoms with Crippen molar-refractivity contribution in [1.82, 2.24) is 0 Å². The summed E-state index contributed by atoms with van der Waals surface area (Å²) in [5.74, 6) is -2.03. The van der Waals surface area contributed by atoms with Crippen molar-refractivity contribution >= 4 is 27.6 Å². The molecule has 5 nitrogen and oxygen atoms in total. The molecule has 0 unspecified atom stereocenters. The Balaban J connectivity index is 3.04. The average Bonchev–Trinajstić information content (AvgIpc) is 2.30. The van der Waals surface area contributed by atoms with E-state index in [4.69, 9.17) is 15.3 Å². The summed E-state index contributed by atoms with van der Waals surface area (Å²) in [5, 5.41) is 29.0. The van der Waals surface area contributed by atoms with E-state index in [0.717, 1.165) is 0 Å². The monoisotopic (exact) mass is 307 g/mol. The van der Waals surface area contributed by atoms with E-state index >= 15 is 0 Å². The molecule has 0 aliphatic heterocycles. The lowest BCUT2D eigenvalue weighted by Gasteiger charge is -2.16. The third kappa shape index (κ3) is 3.15. The smallest absolute Gasteiger partial charge is 0.336 e. The molecule has 0 bridgehead atoms. The summed E-state index contributed by atoms with van der Waals surface area (Å²) in [5.41, 5.74) is -0.187. The molecule has 1 aromatic carbocycles. The van der Waals surface area contributed by atoms with Crippen LogP contribution in [0.4, 0.5) is 10.1 Å². The number of anilines is 1.